The minimum atomic E-state index is 0.712. The number of hydrogen-bond acceptors (Lipinski definition) is 1. The molecule has 0 atom stereocenters. The summed E-state index contributed by atoms with van der Waals surface area (Å²) in [6.07, 6.45) is 1.80. The summed E-state index contributed by atoms with van der Waals surface area (Å²) in [4.78, 5) is 0. The van der Waals surface area contributed by atoms with Gasteiger partial charge in [-0.15, -0.1) is 6.58 Å². The number of hydrogen-bond donors (Lipinski definition) is 1. The van der Waals surface area contributed by atoms with E-state index in [0.29, 0.717) is 5.02 Å². The van der Waals surface area contributed by atoms with E-state index in [-0.39, 0.29) is 0 Å². The lowest BCUT2D eigenvalue weighted by atomic mass is 10.3. The van der Waals surface area contributed by atoms with Crippen LogP contribution in [0.1, 0.15) is 0 Å². The minimum Gasteiger partial charge on any atom is -0.382 e. The highest BCUT2D eigenvalue weighted by atomic mass is 79.9. The average molecular weight is 247 g/mol. The van der Waals surface area contributed by atoms with Crippen molar-refractivity contribution in [2.75, 3.05) is 11.9 Å². The normalized spacial score (nSPS) is 9.50. The van der Waals surface area contributed by atoms with Gasteiger partial charge < -0.3 is 5.32 Å². The monoisotopic (exact) mass is 245 g/mol. The molecule has 0 bridgehead atoms. The molecule has 1 aromatic carbocycles. The number of anilines is 1. The maximum atomic E-state index is 5.88. The number of rotatable bonds is 3. The lowest BCUT2D eigenvalue weighted by Gasteiger charge is -2.03. The van der Waals surface area contributed by atoms with E-state index in [1.54, 1.807) is 6.08 Å². The summed E-state index contributed by atoms with van der Waals surface area (Å²) in [7, 11) is 0. The van der Waals surface area contributed by atoms with Crippen molar-refractivity contribution >= 4 is 33.2 Å². The van der Waals surface area contributed by atoms with Crippen molar-refractivity contribution < 1.29 is 0 Å². The first kappa shape index (κ1) is 9.62. The molecule has 0 aliphatic heterocycles. The van der Waals surface area contributed by atoms with Crippen molar-refractivity contribution in [3.63, 3.8) is 0 Å². The van der Waals surface area contributed by atoms with Crippen LogP contribution in [0.25, 0.3) is 0 Å². The van der Waals surface area contributed by atoms with Gasteiger partial charge in [0.1, 0.15) is 0 Å². The first-order valence-electron chi connectivity index (χ1n) is 3.54. The van der Waals surface area contributed by atoms with Crippen LogP contribution in [0.3, 0.4) is 0 Å². The van der Waals surface area contributed by atoms with Gasteiger partial charge in [-0.3, -0.25) is 0 Å². The Morgan fingerprint density at radius 1 is 1.58 bits per heavy atom. The molecule has 3 heteroatoms. The molecule has 0 aromatic heterocycles. The summed E-state index contributed by atoms with van der Waals surface area (Å²) in [6, 6.07) is 5.74. The molecule has 1 aromatic rings. The molecule has 1 nitrogen and oxygen atoms in total. The van der Waals surface area contributed by atoms with E-state index in [2.05, 4.69) is 27.8 Å². The van der Waals surface area contributed by atoms with E-state index in [0.717, 1.165) is 16.7 Å². The van der Waals surface area contributed by atoms with Gasteiger partial charge in [0.2, 0.25) is 0 Å². The molecule has 0 radical (unpaired) electrons. The highest BCUT2D eigenvalue weighted by Gasteiger charge is 1.96. The fourth-order valence-electron chi connectivity index (χ4n) is 0.796. The van der Waals surface area contributed by atoms with E-state index in [9.17, 15) is 0 Å². The molecule has 64 valence electrons. The molecule has 0 unspecified atom stereocenters. The maximum Gasteiger partial charge on any atom is 0.0568 e. The maximum absolute atomic E-state index is 5.88. The van der Waals surface area contributed by atoms with Gasteiger partial charge in [-0.1, -0.05) is 17.7 Å². The van der Waals surface area contributed by atoms with Crippen molar-refractivity contribution in [3.05, 3.63) is 40.3 Å². The third kappa shape index (κ3) is 2.54. The molecular formula is C9H9BrClN. The first-order valence-corrected chi connectivity index (χ1v) is 4.71. The largest absolute Gasteiger partial charge is 0.382 e. The summed E-state index contributed by atoms with van der Waals surface area (Å²) in [5.74, 6) is 0. The van der Waals surface area contributed by atoms with Crippen LogP contribution < -0.4 is 5.32 Å². The van der Waals surface area contributed by atoms with Gasteiger partial charge in [0.05, 0.1) is 5.02 Å². The van der Waals surface area contributed by atoms with Crippen molar-refractivity contribution in [1.82, 2.24) is 0 Å². The molecule has 0 amide bonds. The van der Waals surface area contributed by atoms with Crippen molar-refractivity contribution in [2.45, 2.75) is 0 Å². The number of nitrogens with one attached hydrogen (secondary N) is 1. The average Bonchev–Trinajstić information content (AvgIpc) is 2.07. The summed E-state index contributed by atoms with van der Waals surface area (Å²) in [5.41, 5.74) is 1.00. The van der Waals surface area contributed by atoms with Crippen LogP contribution >= 0.6 is 27.5 Å². The van der Waals surface area contributed by atoms with Crippen LogP contribution in [0.15, 0.2) is 35.3 Å². The second-order valence-corrected chi connectivity index (χ2v) is 3.56. The molecule has 0 spiro atoms. The molecule has 0 aliphatic carbocycles. The Morgan fingerprint density at radius 2 is 2.33 bits per heavy atom. The lowest BCUT2D eigenvalue weighted by molar-refractivity contribution is 1.34. The predicted molar refractivity (Wildman–Crippen MR) is 57.8 cm³/mol. The minimum absolute atomic E-state index is 0.712. The summed E-state index contributed by atoms with van der Waals surface area (Å²) in [5, 5.41) is 3.85. The van der Waals surface area contributed by atoms with Crippen molar-refractivity contribution in [1.29, 1.82) is 0 Å². The standard InChI is InChI=1S/C9H9BrClN/c1-2-5-12-7-3-4-8(10)9(11)6-7/h2-4,6,12H,1,5H2. The third-order valence-electron chi connectivity index (χ3n) is 1.37. The van der Waals surface area contributed by atoms with Crippen LogP contribution in [-0.4, -0.2) is 6.54 Å². The van der Waals surface area contributed by atoms with Gasteiger partial charge in [-0.2, -0.15) is 0 Å². The molecule has 0 fully saturated rings. The van der Waals surface area contributed by atoms with Crippen LogP contribution in [0.5, 0.6) is 0 Å². The number of benzene rings is 1. The zero-order chi connectivity index (χ0) is 8.97. The second-order valence-electron chi connectivity index (χ2n) is 2.30. The fraction of sp³-hybridized carbons (Fsp3) is 0.111. The summed E-state index contributed by atoms with van der Waals surface area (Å²) in [6.45, 7) is 4.36. The molecule has 1 rings (SSSR count). The Kier molecular flexibility index (Phi) is 3.63. The molecule has 0 heterocycles. The quantitative estimate of drug-likeness (QED) is 0.802. The van der Waals surface area contributed by atoms with Crippen molar-refractivity contribution in [3.8, 4) is 0 Å². The predicted octanol–water partition coefficient (Wildman–Crippen LogP) is 3.70. The summed E-state index contributed by atoms with van der Waals surface area (Å²) < 4.78 is 0.910. The Bertz CT molecular complexity index is 286. The topological polar surface area (TPSA) is 12.0 Å². The Hall–Kier alpha value is -0.470. The van der Waals surface area contributed by atoms with Gasteiger partial charge in [-0.25, -0.2) is 0 Å². The van der Waals surface area contributed by atoms with Gasteiger partial charge in [0.15, 0.2) is 0 Å². The van der Waals surface area contributed by atoms with Crippen molar-refractivity contribution in [2.24, 2.45) is 0 Å². The Morgan fingerprint density at radius 3 is 2.92 bits per heavy atom. The van der Waals surface area contributed by atoms with Gasteiger partial charge in [0.25, 0.3) is 0 Å². The fourth-order valence-corrected chi connectivity index (χ4v) is 1.22. The van der Waals surface area contributed by atoms with Crippen LogP contribution in [-0.2, 0) is 0 Å². The highest BCUT2D eigenvalue weighted by molar-refractivity contribution is 9.10. The SMILES string of the molecule is C=CCNc1ccc(Br)c(Cl)c1. The number of halogens is 2. The van der Waals surface area contributed by atoms with E-state index in [1.807, 2.05) is 18.2 Å². The van der Waals surface area contributed by atoms with E-state index >= 15 is 0 Å². The highest BCUT2D eigenvalue weighted by Crippen LogP contribution is 2.25. The zero-order valence-corrected chi connectivity index (χ0v) is 8.82. The molecule has 0 aliphatic rings. The van der Waals surface area contributed by atoms with Crippen LogP contribution in [0.2, 0.25) is 5.02 Å². The summed E-state index contributed by atoms with van der Waals surface area (Å²) >= 11 is 9.20. The van der Waals surface area contributed by atoms with Gasteiger partial charge in [-0.05, 0) is 34.1 Å². The first-order chi connectivity index (χ1) is 5.74. The van der Waals surface area contributed by atoms with E-state index in [4.69, 9.17) is 11.6 Å². The molecule has 0 saturated carbocycles. The molecule has 1 N–H and O–H groups in total. The van der Waals surface area contributed by atoms with Gasteiger partial charge in [0, 0.05) is 16.7 Å². The Balaban J connectivity index is 2.75. The zero-order valence-electron chi connectivity index (χ0n) is 6.48. The smallest absolute Gasteiger partial charge is 0.0568 e. The van der Waals surface area contributed by atoms with E-state index < -0.39 is 0 Å². The van der Waals surface area contributed by atoms with Gasteiger partial charge >= 0.3 is 0 Å². The Labute approximate surface area is 85.6 Å². The van der Waals surface area contributed by atoms with E-state index in [1.165, 1.54) is 0 Å². The lowest BCUT2D eigenvalue weighted by Crippen LogP contribution is -1.96. The molecule has 12 heavy (non-hydrogen) atoms. The van der Waals surface area contributed by atoms with Crippen LogP contribution in [0, 0.1) is 0 Å². The second kappa shape index (κ2) is 4.53. The third-order valence-corrected chi connectivity index (χ3v) is 2.60. The van der Waals surface area contributed by atoms with Crippen LogP contribution in [0.4, 0.5) is 5.69 Å². The molecule has 0 saturated heterocycles. The molecular weight excluding hydrogens is 237 g/mol.